The summed E-state index contributed by atoms with van der Waals surface area (Å²) in [5.74, 6) is 1.56. The van der Waals surface area contributed by atoms with Crippen molar-refractivity contribution in [2.24, 2.45) is 0 Å². The number of aromatic nitrogens is 3. The van der Waals surface area contributed by atoms with Gasteiger partial charge in [0.2, 0.25) is 11.9 Å². The van der Waals surface area contributed by atoms with E-state index in [-0.39, 0.29) is 18.0 Å². The number of aldehydes is 1. The number of carbonyl (C=O) groups is 2. The highest BCUT2D eigenvalue weighted by Crippen LogP contribution is 2.38. The Labute approximate surface area is 211 Å². The van der Waals surface area contributed by atoms with Crippen LogP contribution >= 0.6 is 0 Å². The molecule has 36 heavy (non-hydrogen) atoms. The van der Waals surface area contributed by atoms with Crippen molar-refractivity contribution in [3.8, 4) is 0 Å². The summed E-state index contributed by atoms with van der Waals surface area (Å²) >= 11 is 0. The second kappa shape index (κ2) is 9.81. The zero-order chi connectivity index (χ0) is 25.4. The molecule has 2 aromatic heterocycles. The molecule has 0 N–H and O–H groups in total. The molecule has 0 radical (unpaired) electrons. The second-order valence-electron chi connectivity index (χ2n) is 9.94. The van der Waals surface area contributed by atoms with Gasteiger partial charge in [-0.05, 0) is 37.6 Å². The van der Waals surface area contributed by atoms with Crippen molar-refractivity contribution >= 4 is 34.9 Å². The van der Waals surface area contributed by atoms with Crippen LogP contribution in [0.25, 0.3) is 10.9 Å². The van der Waals surface area contributed by atoms with Crippen LogP contribution in [-0.4, -0.2) is 76.2 Å². The number of hydrogen-bond donors (Lipinski definition) is 0. The standard InChI is InChI=1S/C27H33N7O2/c1-18(2)34-16-22-25(24(34)17-35)29-27(33-12-10-32(11-13-33)19(3)36)30-26(22)31(4)15-20-7-8-23-21(14-20)6-5-9-28-23/h5-9,14,17-18,24H,10-13,15-16H2,1-4H3. The van der Waals surface area contributed by atoms with Crippen LogP contribution in [0.3, 0.4) is 0 Å². The average molecular weight is 488 g/mol. The van der Waals surface area contributed by atoms with Gasteiger partial charge in [-0.25, -0.2) is 4.98 Å². The van der Waals surface area contributed by atoms with E-state index in [1.807, 2.05) is 24.1 Å². The molecule has 9 nitrogen and oxygen atoms in total. The minimum absolute atomic E-state index is 0.0872. The number of piperazine rings is 1. The first-order chi connectivity index (χ1) is 17.4. The van der Waals surface area contributed by atoms with Gasteiger partial charge in [0.15, 0.2) is 0 Å². The van der Waals surface area contributed by atoms with E-state index in [9.17, 15) is 9.59 Å². The van der Waals surface area contributed by atoms with E-state index in [1.54, 1.807) is 13.1 Å². The summed E-state index contributed by atoms with van der Waals surface area (Å²) in [5, 5.41) is 1.10. The lowest BCUT2D eigenvalue weighted by molar-refractivity contribution is -0.129. The zero-order valence-corrected chi connectivity index (χ0v) is 21.4. The molecule has 3 aromatic rings. The molecule has 0 aliphatic carbocycles. The number of hydrogen-bond acceptors (Lipinski definition) is 8. The fourth-order valence-electron chi connectivity index (χ4n) is 5.21. The van der Waals surface area contributed by atoms with Crippen molar-refractivity contribution in [1.29, 1.82) is 0 Å². The van der Waals surface area contributed by atoms with Crippen LogP contribution in [0.2, 0.25) is 0 Å². The van der Waals surface area contributed by atoms with Gasteiger partial charge in [-0.1, -0.05) is 12.1 Å². The van der Waals surface area contributed by atoms with Crippen molar-refractivity contribution < 1.29 is 9.59 Å². The normalized spacial score (nSPS) is 18.1. The Morgan fingerprint density at radius 3 is 2.64 bits per heavy atom. The number of fused-ring (bicyclic) bond motifs is 2. The maximum Gasteiger partial charge on any atom is 0.227 e. The van der Waals surface area contributed by atoms with Crippen LogP contribution in [-0.2, 0) is 22.7 Å². The van der Waals surface area contributed by atoms with E-state index in [0.29, 0.717) is 45.2 Å². The molecule has 9 heteroatoms. The minimum atomic E-state index is -0.390. The number of amides is 1. The largest absolute Gasteiger partial charge is 0.355 e. The summed E-state index contributed by atoms with van der Waals surface area (Å²) < 4.78 is 0. The molecule has 4 heterocycles. The van der Waals surface area contributed by atoms with Gasteiger partial charge < -0.3 is 19.5 Å². The Balaban J connectivity index is 1.50. The third kappa shape index (κ3) is 4.51. The molecular weight excluding hydrogens is 454 g/mol. The minimum Gasteiger partial charge on any atom is -0.355 e. The summed E-state index contributed by atoms with van der Waals surface area (Å²) in [4.78, 5) is 46.7. The van der Waals surface area contributed by atoms with Crippen LogP contribution < -0.4 is 9.80 Å². The van der Waals surface area contributed by atoms with Gasteiger partial charge in [0.1, 0.15) is 18.1 Å². The third-order valence-electron chi connectivity index (χ3n) is 7.23. The van der Waals surface area contributed by atoms with Crippen LogP contribution in [0.5, 0.6) is 0 Å². The Hall–Kier alpha value is -3.59. The predicted octanol–water partition coefficient (Wildman–Crippen LogP) is 2.79. The van der Waals surface area contributed by atoms with Crippen molar-refractivity contribution in [3.05, 3.63) is 53.3 Å². The molecular formula is C27H33N7O2. The van der Waals surface area contributed by atoms with Crippen molar-refractivity contribution in [1.82, 2.24) is 24.8 Å². The van der Waals surface area contributed by atoms with Crippen molar-refractivity contribution in [3.63, 3.8) is 0 Å². The summed E-state index contributed by atoms with van der Waals surface area (Å²) in [5.41, 5.74) is 3.94. The molecule has 2 aliphatic heterocycles. The SMILES string of the molecule is CC(=O)N1CCN(c2nc3c(c(N(C)Cc4ccc5ncccc5c4)n2)CN(C(C)C)C3C=O)CC1. The monoisotopic (exact) mass is 487 g/mol. The van der Waals surface area contributed by atoms with Crippen LogP contribution in [0.15, 0.2) is 36.5 Å². The maximum atomic E-state index is 12.2. The fraction of sp³-hybridized carbons (Fsp3) is 0.444. The Morgan fingerprint density at radius 1 is 1.17 bits per heavy atom. The van der Waals surface area contributed by atoms with E-state index < -0.39 is 0 Å². The van der Waals surface area contributed by atoms with Crippen LogP contribution in [0.1, 0.15) is 43.6 Å². The van der Waals surface area contributed by atoms with Gasteiger partial charge in [0, 0.05) is 76.4 Å². The predicted molar refractivity (Wildman–Crippen MR) is 140 cm³/mol. The number of nitrogens with zero attached hydrogens (tertiary/aromatic N) is 7. The van der Waals surface area contributed by atoms with E-state index in [1.165, 1.54) is 0 Å². The molecule has 5 rings (SSSR count). The quantitative estimate of drug-likeness (QED) is 0.491. The number of pyridine rings is 1. The summed E-state index contributed by atoms with van der Waals surface area (Å²) in [6.45, 7) is 9.72. The van der Waals surface area contributed by atoms with Gasteiger partial charge >= 0.3 is 0 Å². The molecule has 0 spiro atoms. The molecule has 1 amide bonds. The molecule has 1 unspecified atom stereocenters. The van der Waals surface area contributed by atoms with E-state index in [4.69, 9.17) is 9.97 Å². The van der Waals surface area contributed by atoms with E-state index in [2.05, 4.69) is 51.7 Å². The highest BCUT2D eigenvalue weighted by atomic mass is 16.2. The van der Waals surface area contributed by atoms with Gasteiger partial charge in [0.25, 0.3) is 0 Å². The summed E-state index contributed by atoms with van der Waals surface area (Å²) in [6.07, 6.45) is 2.80. The summed E-state index contributed by atoms with van der Waals surface area (Å²) in [7, 11) is 2.04. The lowest BCUT2D eigenvalue weighted by Crippen LogP contribution is -2.48. The summed E-state index contributed by atoms with van der Waals surface area (Å²) in [6, 6.07) is 10.1. The van der Waals surface area contributed by atoms with Gasteiger partial charge in [-0.2, -0.15) is 4.98 Å². The lowest BCUT2D eigenvalue weighted by atomic mass is 10.1. The Kier molecular flexibility index (Phi) is 6.57. The topological polar surface area (TPSA) is 85.8 Å². The second-order valence-corrected chi connectivity index (χ2v) is 9.94. The average Bonchev–Trinajstić information content (AvgIpc) is 3.27. The van der Waals surface area contributed by atoms with Crippen molar-refractivity contribution in [2.45, 2.75) is 45.9 Å². The first-order valence-electron chi connectivity index (χ1n) is 12.5. The smallest absolute Gasteiger partial charge is 0.227 e. The molecule has 0 saturated carbocycles. The number of benzene rings is 1. The Morgan fingerprint density at radius 2 is 1.94 bits per heavy atom. The number of carbonyl (C=O) groups excluding carboxylic acids is 2. The van der Waals surface area contributed by atoms with E-state index >= 15 is 0 Å². The molecule has 1 fully saturated rings. The molecule has 1 aromatic carbocycles. The molecule has 0 bridgehead atoms. The first kappa shape index (κ1) is 24.1. The van der Waals surface area contributed by atoms with Crippen LogP contribution in [0, 0.1) is 0 Å². The molecule has 2 aliphatic rings. The number of anilines is 2. The molecule has 1 saturated heterocycles. The van der Waals surface area contributed by atoms with Gasteiger partial charge in [0.05, 0.1) is 11.2 Å². The molecule has 188 valence electrons. The maximum absolute atomic E-state index is 12.2. The number of rotatable bonds is 6. The van der Waals surface area contributed by atoms with Gasteiger partial charge in [-0.3, -0.25) is 14.7 Å². The van der Waals surface area contributed by atoms with Crippen LogP contribution in [0.4, 0.5) is 11.8 Å². The van der Waals surface area contributed by atoms with Gasteiger partial charge in [-0.15, -0.1) is 0 Å². The highest BCUT2D eigenvalue weighted by Gasteiger charge is 2.37. The highest BCUT2D eigenvalue weighted by molar-refractivity contribution is 5.79. The van der Waals surface area contributed by atoms with E-state index in [0.717, 1.165) is 39.8 Å². The third-order valence-corrected chi connectivity index (χ3v) is 7.23. The molecule has 1 atom stereocenters. The zero-order valence-electron chi connectivity index (χ0n) is 21.4. The Bertz CT molecular complexity index is 1290. The lowest BCUT2D eigenvalue weighted by Gasteiger charge is -2.35. The fourth-order valence-corrected chi connectivity index (χ4v) is 5.21. The first-order valence-corrected chi connectivity index (χ1v) is 12.5. The van der Waals surface area contributed by atoms with Crippen molar-refractivity contribution in [2.75, 3.05) is 43.0 Å².